The second-order valence-corrected chi connectivity index (χ2v) is 7.31. The van der Waals surface area contributed by atoms with E-state index in [9.17, 15) is 14.7 Å². The third-order valence-corrected chi connectivity index (χ3v) is 5.43. The average molecular weight is 425 g/mol. The monoisotopic (exact) mass is 425 g/mol. The van der Waals surface area contributed by atoms with Crippen molar-refractivity contribution in [1.82, 2.24) is 14.5 Å². The molecular weight excluding hydrogens is 402 g/mol. The number of imidazole rings is 1. The summed E-state index contributed by atoms with van der Waals surface area (Å²) in [5, 5.41) is 10.7. The van der Waals surface area contributed by atoms with Crippen molar-refractivity contribution in [2.75, 3.05) is 13.9 Å². The lowest BCUT2D eigenvalue weighted by Gasteiger charge is -2.20. The highest BCUT2D eigenvalue weighted by atomic mass is 16.7. The highest BCUT2D eigenvalue weighted by Gasteiger charge is 2.28. The molecule has 1 aliphatic heterocycles. The minimum atomic E-state index is -0.714. The number of hydrogen-bond acceptors (Lipinski definition) is 7. The Bertz CT molecular complexity index is 1150. The molecule has 1 unspecified atom stereocenters. The Labute approximate surface area is 178 Å². The van der Waals surface area contributed by atoms with Crippen LogP contribution in [0.4, 0.5) is 0 Å². The van der Waals surface area contributed by atoms with E-state index in [1.54, 1.807) is 48.3 Å². The standard InChI is InChI=1S/C22H23N3O6/c1-13-7-17(26)21(22(28)25(13)6-5-15-10-23-11-24-15)16(9-20(27)29-2)14-3-4-18-19(8-14)31-12-30-18/h3-4,7-8,10-11,16,26H,5-6,9,12H2,1-2H3,(H,23,24). The Morgan fingerprint density at radius 2 is 2.13 bits per heavy atom. The van der Waals surface area contributed by atoms with Crippen LogP contribution in [0.3, 0.4) is 0 Å². The number of ether oxygens (including phenoxy) is 3. The Kier molecular flexibility index (Phi) is 5.66. The zero-order valence-corrected chi connectivity index (χ0v) is 17.3. The fraction of sp³-hybridized carbons (Fsp3) is 0.318. The molecule has 0 spiro atoms. The van der Waals surface area contributed by atoms with Gasteiger partial charge in [-0.3, -0.25) is 9.59 Å². The first-order chi connectivity index (χ1) is 15.0. The van der Waals surface area contributed by atoms with Gasteiger partial charge in [0.05, 0.1) is 25.4 Å². The van der Waals surface area contributed by atoms with E-state index >= 15 is 0 Å². The van der Waals surface area contributed by atoms with E-state index in [0.29, 0.717) is 35.7 Å². The second kappa shape index (κ2) is 8.55. The number of rotatable bonds is 7. The molecule has 0 saturated heterocycles. The number of carbonyl (C=O) groups excluding carboxylic acids is 1. The number of aryl methyl sites for hydroxylation is 2. The van der Waals surface area contributed by atoms with Crippen LogP contribution in [0.5, 0.6) is 17.2 Å². The highest BCUT2D eigenvalue weighted by Crippen LogP contribution is 2.39. The number of nitrogens with one attached hydrogen (secondary N) is 1. The summed E-state index contributed by atoms with van der Waals surface area (Å²) in [4.78, 5) is 32.6. The number of carbonyl (C=O) groups is 1. The van der Waals surface area contributed by atoms with Gasteiger partial charge >= 0.3 is 5.97 Å². The molecule has 2 N–H and O–H groups in total. The molecule has 162 valence electrons. The summed E-state index contributed by atoms with van der Waals surface area (Å²) in [6, 6.07) is 6.75. The molecule has 0 radical (unpaired) electrons. The number of hydrogen-bond donors (Lipinski definition) is 2. The first-order valence-corrected chi connectivity index (χ1v) is 9.85. The van der Waals surface area contributed by atoms with Gasteiger partial charge in [0.1, 0.15) is 5.75 Å². The fourth-order valence-electron chi connectivity index (χ4n) is 3.79. The van der Waals surface area contributed by atoms with Gasteiger partial charge < -0.3 is 28.9 Å². The predicted molar refractivity (Wildman–Crippen MR) is 110 cm³/mol. The summed E-state index contributed by atoms with van der Waals surface area (Å²) in [5.41, 5.74) is 1.94. The van der Waals surface area contributed by atoms with Crippen LogP contribution in [0.15, 0.2) is 41.6 Å². The first-order valence-electron chi connectivity index (χ1n) is 9.85. The van der Waals surface area contributed by atoms with Crippen molar-refractivity contribution >= 4 is 5.97 Å². The van der Waals surface area contributed by atoms with Crippen molar-refractivity contribution in [2.24, 2.45) is 0 Å². The van der Waals surface area contributed by atoms with Crippen molar-refractivity contribution in [1.29, 1.82) is 0 Å². The van der Waals surface area contributed by atoms with Crippen molar-refractivity contribution in [3.63, 3.8) is 0 Å². The number of aromatic nitrogens is 3. The normalized spacial score (nSPS) is 13.2. The van der Waals surface area contributed by atoms with E-state index < -0.39 is 11.9 Å². The number of pyridine rings is 1. The Morgan fingerprint density at radius 1 is 1.32 bits per heavy atom. The van der Waals surface area contributed by atoms with E-state index in [2.05, 4.69) is 9.97 Å². The summed E-state index contributed by atoms with van der Waals surface area (Å²) in [5.74, 6) is -0.254. The summed E-state index contributed by atoms with van der Waals surface area (Å²) in [7, 11) is 1.29. The van der Waals surface area contributed by atoms with E-state index in [-0.39, 0.29) is 30.1 Å². The lowest BCUT2D eigenvalue weighted by Crippen LogP contribution is -2.29. The zero-order chi connectivity index (χ0) is 22.0. The molecule has 4 rings (SSSR count). The van der Waals surface area contributed by atoms with Crippen LogP contribution in [0.2, 0.25) is 0 Å². The molecule has 0 amide bonds. The lowest BCUT2D eigenvalue weighted by atomic mass is 9.88. The van der Waals surface area contributed by atoms with Crippen LogP contribution in [0.1, 0.15) is 34.9 Å². The zero-order valence-electron chi connectivity index (χ0n) is 17.3. The number of H-pyrrole nitrogens is 1. The molecule has 0 fully saturated rings. The summed E-state index contributed by atoms with van der Waals surface area (Å²) in [6.45, 7) is 2.26. The quantitative estimate of drug-likeness (QED) is 0.558. The highest BCUT2D eigenvalue weighted by molar-refractivity contribution is 5.71. The van der Waals surface area contributed by atoms with Gasteiger partial charge in [0.25, 0.3) is 5.56 Å². The maximum atomic E-state index is 13.5. The fourth-order valence-corrected chi connectivity index (χ4v) is 3.79. The molecular formula is C22H23N3O6. The summed E-state index contributed by atoms with van der Waals surface area (Å²) < 4.78 is 17.2. The van der Waals surface area contributed by atoms with Crippen LogP contribution in [0.25, 0.3) is 0 Å². The second-order valence-electron chi connectivity index (χ2n) is 7.31. The molecule has 3 aromatic rings. The van der Waals surface area contributed by atoms with Crippen LogP contribution < -0.4 is 15.0 Å². The number of methoxy groups -OCH3 is 1. The molecule has 0 saturated carbocycles. The molecule has 31 heavy (non-hydrogen) atoms. The van der Waals surface area contributed by atoms with E-state index in [0.717, 1.165) is 5.69 Å². The average Bonchev–Trinajstić information content (AvgIpc) is 3.43. The van der Waals surface area contributed by atoms with E-state index in [1.165, 1.54) is 7.11 Å². The number of nitrogens with zero attached hydrogens (tertiary/aromatic N) is 2. The first kappa shape index (κ1) is 20.5. The lowest BCUT2D eigenvalue weighted by molar-refractivity contribution is -0.140. The molecule has 0 aliphatic carbocycles. The summed E-state index contributed by atoms with van der Waals surface area (Å²) >= 11 is 0. The van der Waals surface area contributed by atoms with Crippen LogP contribution in [0, 0.1) is 6.92 Å². The number of fused-ring (bicyclic) bond motifs is 1. The number of aromatic hydroxyl groups is 1. The number of benzene rings is 1. The third kappa shape index (κ3) is 4.11. The van der Waals surface area contributed by atoms with Gasteiger partial charge in [0, 0.05) is 36.5 Å². The minimum absolute atomic E-state index is 0.108. The molecule has 1 aromatic carbocycles. The van der Waals surface area contributed by atoms with Crippen molar-refractivity contribution in [2.45, 2.75) is 32.2 Å². The van der Waals surface area contributed by atoms with Gasteiger partial charge in [0.2, 0.25) is 6.79 Å². The summed E-state index contributed by atoms with van der Waals surface area (Å²) in [6.07, 6.45) is 3.74. The van der Waals surface area contributed by atoms with Crippen molar-refractivity contribution < 1.29 is 24.1 Å². The van der Waals surface area contributed by atoms with Crippen molar-refractivity contribution in [3.05, 3.63) is 69.7 Å². The Balaban J connectivity index is 1.77. The Hall–Kier alpha value is -3.75. The Morgan fingerprint density at radius 3 is 2.87 bits per heavy atom. The number of esters is 1. The largest absolute Gasteiger partial charge is 0.507 e. The molecule has 9 heteroatoms. The third-order valence-electron chi connectivity index (χ3n) is 5.43. The van der Waals surface area contributed by atoms with Gasteiger partial charge in [-0.15, -0.1) is 0 Å². The minimum Gasteiger partial charge on any atom is -0.507 e. The smallest absolute Gasteiger partial charge is 0.306 e. The molecule has 0 bridgehead atoms. The maximum absolute atomic E-state index is 13.5. The van der Waals surface area contributed by atoms with Gasteiger partial charge in [-0.05, 0) is 30.7 Å². The van der Waals surface area contributed by atoms with Crippen LogP contribution >= 0.6 is 0 Å². The number of aromatic amines is 1. The molecule has 2 aromatic heterocycles. The van der Waals surface area contributed by atoms with E-state index in [4.69, 9.17) is 14.2 Å². The maximum Gasteiger partial charge on any atom is 0.306 e. The van der Waals surface area contributed by atoms with Crippen molar-refractivity contribution in [3.8, 4) is 17.2 Å². The van der Waals surface area contributed by atoms with E-state index in [1.807, 2.05) is 0 Å². The molecule has 3 heterocycles. The van der Waals surface area contributed by atoms with Gasteiger partial charge in [-0.1, -0.05) is 6.07 Å². The predicted octanol–water partition coefficient (Wildman–Crippen LogP) is 2.25. The molecule has 1 atom stereocenters. The SMILES string of the molecule is COC(=O)CC(c1ccc2c(c1)OCO2)c1c(O)cc(C)n(CCc2cnc[nH]2)c1=O. The topological polar surface area (TPSA) is 116 Å². The van der Waals surface area contributed by atoms with Crippen LogP contribution in [-0.2, 0) is 22.5 Å². The van der Waals surface area contributed by atoms with Gasteiger partial charge in [-0.2, -0.15) is 0 Å². The molecule has 9 nitrogen and oxygen atoms in total. The molecule has 1 aliphatic rings. The van der Waals surface area contributed by atoms with Crippen LogP contribution in [-0.4, -0.2) is 39.5 Å². The van der Waals surface area contributed by atoms with Gasteiger partial charge in [0.15, 0.2) is 11.5 Å². The van der Waals surface area contributed by atoms with Gasteiger partial charge in [-0.25, -0.2) is 4.98 Å².